The third-order valence-corrected chi connectivity index (χ3v) is 4.07. The molecule has 0 heterocycles. The molecule has 0 saturated heterocycles. The summed E-state index contributed by atoms with van der Waals surface area (Å²) in [6, 6.07) is 8.56. The molecule has 1 aromatic rings. The zero-order valence-corrected chi connectivity index (χ0v) is 12.1. The SMILES string of the molecule is COC(=O)C1(CN(C)Cc2ccc(C)cc2)CCC1. The third-order valence-electron chi connectivity index (χ3n) is 4.07. The van der Waals surface area contributed by atoms with Gasteiger partial charge in [0.05, 0.1) is 12.5 Å². The van der Waals surface area contributed by atoms with Crippen molar-refractivity contribution in [3.63, 3.8) is 0 Å². The summed E-state index contributed by atoms with van der Waals surface area (Å²) in [5.74, 6) is -0.0468. The van der Waals surface area contributed by atoms with Crippen molar-refractivity contribution in [2.45, 2.75) is 32.7 Å². The summed E-state index contributed by atoms with van der Waals surface area (Å²) in [7, 11) is 3.56. The lowest BCUT2D eigenvalue weighted by Gasteiger charge is -2.41. The molecule has 1 aromatic carbocycles. The first kappa shape index (κ1) is 14.1. The van der Waals surface area contributed by atoms with E-state index in [0.717, 1.165) is 32.4 Å². The van der Waals surface area contributed by atoms with Gasteiger partial charge in [-0.3, -0.25) is 4.79 Å². The molecule has 0 aromatic heterocycles. The number of carbonyl (C=O) groups is 1. The van der Waals surface area contributed by atoms with Gasteiger partial charge in [-0.05, 0) is 32.4 Å². The van der Waals surface area contributed by atoms with E-state index < -0.39 is 0 Å². The van der Waals surface area contributed by atoms with Gasteiger partial charge < -0.3 is 9.64 Å². The molecule has 1 aliphatic rings. The van der Waals surface area contributed by atoms with Crippen LogP contribution in [-0.4, -0.2) is 31.6 Å². The van der Waals surface area contributed by atoms with Crippen molar-refractivity contribution in [2.24, 2.45) is 5.41 Å². The van der Waals surface area contributed by atoms with E-state index in [1.807, 2.05) is 0 Å². The van der Waals surface area contributed by atoms with E-state index in [9.17, 15) is 4.79 Å². The molecule has 1 fully saturated rings. The number of esters is 1. The predicted octanol–water partition coefficient (Wildman–Crippen LogP) is 2.77. The Balaban J connectivity index is 1.95. The van der Waals surface area contributed by atoms with Gasteiger partial charge in [0, 0.05) is 13.1 Å². The Morgan fingerprint density at radius 3 is 2.42 bits per heavy atom. The molecule has 0 spiro atoms. The second kappa shape index (κ2) is 5.74. The zero-order chi connectivity index (χ0) is 13.9. The van der Waals surface area contributed by atoms with Crippen molar-refractivity contribution in [3.05, 3.63) is 35.4 Å². The molecule has 2 rings (SSSR count). The minimum atomic E-state index is -0.256. The van der Waals surface area contributed by atoms with Crippen LogP contribution in [0.5, 0.6) is 0 Å². The van der Waals surface area contributed by atoms with Gasteiger partial charge >= 0.3 is 5.97 Å². The summed E-state index contributed by atoms with van der Waals surface area (Å²) in [5.41, 5.74) is 2.30. The predicted molar refractivity (Wildman–Crippen MR) is 75.8 cm³/mol. The quantitative estimate of drug-likeness (QED) is 0.763. The summed E-state index contributed by atoms with van der Waals surface area (Å²) in [6.45, 7) is 3.75. The standard InChI is InChI=1S/C16H23NO2/c1-13-5-7-14(8-6-13)11-17(2)12-16(9-4-10-16)15(18)19-3/h5-8H,4,9-12H2,1-3H3. The van der Waals surface area contributed by atoms with Crippen molar-refractivity contribution in [2.75, 3.05) is 20.7 Å². The highest BCUT2D eigenvalue weighted by molar-refractivity contribution is 5.78. The molecule has 0 aliphatic heterocycles. The Morgan fingerprint density at radius 2 is 1.95 bits per heavy atom. The normalized spacial score (nSPS) is 17.1. The summed E-state index contributed by atoms with van der Waals surface area (Å²) < 4.78 is 4.96. The zero-order valence-electron chi connectivity index (χ0n) is 12.1. The summed E-state index contributed by atoms with van der Waals surface area (Å²) >= 11 is 0. The van der Waals surface area contributed by atoms with Crippen LogP contribution in [-0.2, 0) is 16.1 Å². The molecular weight excluding hydrogens is 238 g/mol. The van der Waals surface area contributed by atoms with Crippen LogP contribution in [0.25, 0.3) is 0 Å². The maximum atomic E-state index is 11.9. The van der Waals surface area contributed by atoms with Crippen LogP contribution in [0.3, 0.4) is 0 Å². The van der Waals surface area contributed by atoms with Crippen molar-refractivity contribution in [1.82, 2.24) is 4.90 Å². The number of hydrogen-bond acceptors (Lipinski definition) is 3. The summed E-state index contributed by atoms with van der Waals surface area (Å²) in [4.78, 5) is 14.1. The van der Waals surface area contributed by atoms with Crippen LogP contribution in [0, 0.1) is 12.3 Å². The summed E-state index contributed by atoms with van der Waals surface area (Å²) in [6.07, 6.45) is 3.04. The van der Waals surface area contributed by atoms with Crippen molar-refractivity contribution in [3.8, 4) is 0 Å². The fraction of sp³-hybridized carbons (Fsp3) is 0.562. The molecule has 0 bridgehead atoms. The number of rotatable bonds is 5. The molecule has 0 atom stereocenters. The molecule has 0 unspecified atom stereocenters. The van der Waals surface area contributed by atoms with Crippen LogP contribution in [0.2, 0.25) is 0 Å². The van der Waals surface area contributed by atoms with Crippen LogP contribution in [0.4, 0.5) is 0 Å². The van der Waals surface area contributed by atoms with Gasteiger partial charge in [-0.1, -0.05) is 36.2 Å². The Bertz CT molecular complexity index is 435. The lowest BCUT2D eigenvalue weighted by molar-refractivity contribution is -0.160. The Hall–Kier alpha value is -1.35. The second-order valence-corrected chi connectivity index (χ2v) is 5.78. The van der Waals surface area contributed by atoms with Crippen molar-refractivity contribution < 1.29 is 9.53 Å². The van der Waals surface area contributed by atoms with E-state index in [1.54, 1.807) is 0 Å². The van der Waals surface area contributed by atoms with E-state index in [1.165, 1.54) is 18.2 Å². The number of ether oxygens (including phenoxy) is 1. The number of methoxy groups -OCH3 is 1. The molecule has 1 aliphatic carbocycles. The van der Waals surface area contributed by atoms with Gasteiger partial charge in [0.25, 0.3) is 0 Å². The van der Waals surface area contributed by atoms with Gasteiger partial charge in [0.2, 0.25) is 0 Å². The number of carbonyl (C=O) groups excluding carboxylic acids is 1. The van der Waals surface area contributed by atoms with Crippen LogP contribution < -0.4 is 0 Å². The molecule has 0 radical (unpaired) electrons. The van der Waals surface area contributed by atoms with Crippen LogP contribution >= 0.6 is 0 Å². The first-order valence-electron chi connectivity index (χ1n) is 6.88. The second-order valence-electron chi connectivity index (χ2n) is 5.78. The molecule has 0 amide bonds. The highest BCUT2D eigenvalue weighted by Crippen LogP contribution is 2.42. The molecule has 3 nitrogen and oxygen atoms in total. The third kappa shape index (κ3) is 3.16. The van der Waals surface area contributed by atoms with E-state index in [-0.39, 0.29) is 11.4 Å². The first-order valence-corrected chi connectivity index (χ1v) is 6.88. The smallest absolute Gasteiger partial charge is 0.313 e. The van der Waals surface area contributed by atoms with E-state index in [0.29, 0.717) is 0 Å². The number of benzene rings is 1. The largest absolute Gasteiger partial charge is 0.469 e. The van der Waals surface area contributed by atoms with Crippen molar-refractivity contribution >= 4 is 5.97 Å². The minimum Gasteiger partial charge on any atom is -0.469 e. The molecular formula is C16H23NO2. The lowest BCUT2D eigenvalue weighted by Crippen LogP contribution is -2.47. The van der Waals surface area contributed by atoms with Gasteiger partial charge in [-0.15, -0.1) is 0 Å². The van der Waals surface area contributed by atoms with E-state index in [4.69, 9.17) is 4.74 Å². The number of hydrogen-bond donors (Lipinski definition) is 0. The highest BCUT2D eigenvalue weighted by atomic mass is 16.5. The van der Waals surface area contributed by atoms with Crippen LogP contribution in [0.1, 0.15) is 30.4 Å². The van der Waals surface area contributed by atoms with Crippen molar-refractivity contribution in [1.29, 1.82) is 0 Å². The van der Waals surface area contributed by atoms with Gasteiger partial charge in [-0.2, -0.15) is 0 Å². The molecule has 0 N–H and O–H groups in total. The maximum absolute atomic E-state index is 11.9. The fourth-order valence-electron chi connectivity index (χ4n) is 2.82. The minimum absolute atomic E-state index is 0.0468. The summed E-state index contributed by atoms with van der Waals surface area (Å²) in [5, 5.41) is 0. The van der Waals surface area contributed by atoms with E-state index >= 15 is 0 Å². The Morgan fingerprint density at radius 1 is 1.32 bits per heavy atom. The van der Waals surface area contributed by atoms with Gasteiger partial charge in [0.1, 0.15) is 0 Å². The lowest BCUT2D eigenvalue weighted by atomic mass is 9.68. The Kier molecular flexibility index (Phi) is 4.25. The molecule has 3 heteroatoms. The van der Waals surface area contributed by atoms with Gasteiger partial charge in [-0.25, -0.2) is 0 Å². The highest BCUT2D eigenvalue weighted by Gasteiger charge is 2.45. The average Bonchev–Trinajstić information content (AvgIpc) is 2.36. The Labute approximate surface area is 115 Å². The first-order chi connectivity index (χ1) is 9.05. The van der Waals surface area contributed by atoms with Crippen LogP contribution in [0.15, 0.2) is 24.3 Å². The van der Waals surface area contributed by atoms with E-state index in [2.05, 4.69) is 43.1 Å². The number of nitrogens with zero attached hydrogens (tertiary/aromatic N) is 1. The monoisotopic (exact) mass is 261 g/mol. The molecule has 104 valence electrons. The average molecular weight is 261 g/mol. The topological polar surface area (TPSA) is 29.5 Å². The molecule has 19 heavy (non-hydrogen) atoms. The fourth-order valence-corrected chi connectivity index (χ4v) is 2.82. The maximum Gasteiger partial charge on any atom is 0.313 e. The molecule has 1 saturated carbocycles. The number of aryl methyl sites for hydroxylation is 1. The van der Waals surface area contributed by atoms with Gasteiger partial charge in [0.15, 0.2) is 0 Å².